The van der Waals surface area contributed by atoms with Crippen LogP contribution in [-0.4, -0.2) is 62.9 Å². The van der Waals surface area contributed by atoms with Gasteiger partial charge in [0.05, 0.1) is 47.5 Å². The zero-order chi connectivity index (χ0) is 18.6. The molecule has 7 nitrogen and oxygen atoms in total. The molecule has 1 atom stereocenters. The van der Waals surface area contributed by atoms with E-state index < -0.39 is 13.8 Å². The highest BCUT2D eigenvalue weighted by molar-refractivity contribution is 7.47. The summed E-state index contributed by atoms with van der Waals surface area (Å²) in [5, 5.41) is 0. The van der Waals surface area contributed by atoms with E-state index in [2.05, 4.69) is 27.7 Å². The summed E-state index contributed by atoms with van der Waals surface area (Å²) in [6.45, 7) is 6.73. The van der Waals surface area contributed by atoms with Gasteiger partial charge in [-0.1, -0.05) is 6.58 Å². The van der Waals surface area contributed by atoms with Crippen LogP contribution in [0.15, 0.2) is 12.2 Å². The van der Waals surface area contributed by atoms with Crippen molar-refractivity contribution >= 4 is 13.8 Å². The Balaban J connectivity index is 3.59. The summed E-state index contributed by atoms with van der Waals surface area (Å²) in [5.74, 6) is -0.398. The molecule has 1 N–H and O–H groups in total. The quantitative estimate of drug-likeness (QED) is 0.167. The largest absolute Gasteiger partial charge is 0.472 e. The minimum Gasteiger partial charge on any atom is -0.462 e. The molecule has 8 heteroatoms. The van der Waals surface area contributed by atoms with E-state index in [1.165, 1.54) is 0 Å². The van der Waals surface area contributed by atoms with Crippen LogP contribution in [0, 0.1) is 0 Å². The molecule has 0 aromatic heterocycles. The summed E-state index contributed by atoms with van der Waals surface area (Å²) in [5.41, 5.74) is 0.373. The molecular formula is C16H33NO6P+. The second-order valence-electron chi connectivity index (χ2n) is 6.83. The monoisotopic (exact) mass is 366 g/mol. The molecule has 0 bridgehead atoms. The maximum Gasteiger partial charge on any atom is 0.472 e. The summed E-state index contributed by atoms with van der Waals surface area (Å²) in [7, 11) is 2.33. The number of rotatable bonds is 14. The molecule has 0 aliphatic rings. The molecule has 142 valence electrons. The number of unbranched alkanes of at least 4 members (excludes halogenated alkanes) is 3. The number of hydrogen-bond donors (Lipinski definition) is 1. The van der Waals surface area contributed by atoms with Crippen molar-refractivity contribution in [2.75, 3.05) is 47.5 Å². The van der Waals surface area contributed by atoms with Gasteiger partial charge in [0.1, 0.15) is 0 Å². The molecular weight excluding hydrogens is 333 g/mol. The van der Waals surface area contributed by atoms with Crippen molar-refractivity contribution in [2.45, 2.75) is 39.0 Å². The highest BCUT2D eigenvalue weighted by atomic mass is 31.2. The van der Waals surface area contributed by atoms with Crippen molar-refractivity contribution in [3.63, 3.8) is 0 Å². The van der Waals surface area contributed by atoms with Gasteiger partial charge in [0.25, 0.3) is 0 Å². The number of nitrogens with zero attached hydrogens (tertiary/aromatic N) is 1. The first-order chi connectivity index (χ1) is 11.0. The van der Waals surface area contributed by atoms with Crippen LogP contribution in [0.4, 0.5) is 0 Å². The molecule has 0 rings (SSSR count). The molecule has 0 radical (unpaired) electrons. The van der Waals surface area contributed by atoms with Crippen LogP contribution >= 0.6 is 7.82 Å². The Kier molecular flexibility index (Phi) is 11.4. The molecule has 0 aliphatic heterocycles. The lowest BCUT2D eigenvalue weighted by atomic mass is 10.2. The van der Waals surface area contributed by atoms with Gasteiger partial charge in [-0.05, 0) is 39.0 Å². The van der Waals surface area contributed by atoms with E-state index in [1.807, 2.05) is 0 Å². The van der Waals surface area contributed by atoms with Crippen LogP contribution in [0.1, 0.15) is 39.0 Å². The van der Waals surface area contributed by atoms with Crippen LogP contribution in [-0.2, 0) is 23.1 Å². The molecule has 0 aliphatic carbocycles. The molecule has 0 fully saturated rings. The topological polar surface area (TPSA) is 82.1 Å². The van der Waals surface area contributed by atoms with Gasteiger partial charge >= 0.3 is 13.8 Å². The highest BCUT2D eigenvalue weighted by Gasteiger charge is 2.20. The van der Waals surface area contributed by atoms with Gasteiger partial charge in [0.2, 0.25) is 0 Å². The van der Waals surface area contributed by atoms with Crippen molar-refractivity contribution < 1.29 is 32.5 Å². The van der Waals surface area contributed by atoms with Crippen LogP contribution in [0.2, 0.25) is 0 Å². The van der Waals surface area contributed by atoms with E-state index in [0.717, 1.165) is 30.3 Å². The molecule has 0 saturated carbocycles. The van der Waals surface area contributed by atoms with E-state index >= 15 is 0 Å². The number of carbonyl (C=O) groups excluding carboxylic acids is 1. The highest BCUT2D eigenvalue weighted by Crippen LogP contribution is 2.43. The van der Waals surface area contributed by atoms with Gasteiger partial charge in [0, 0.05) is 5.57 Å². The fourth-order valence-electron chi connectivity index (χ4n) is 1.75. The number of esters is 1. The fraction of sp³-hybridized carbons (Fsp3) is 0.812. The zero-order valence-corrected chi connectivity index (χ0v) is 16.3. The maximum absolute atomic E-state index is 11.7. The Bertz CT molecular complexity index is 433. The average Bonchev–Trinajstić information content (AvgIpc) is 2.44. The van der Waals surface area contributed by atoms with Crippen LogP contribution in [0.25, 0.3) is 0 Å². The van der Waals surface area contributed by atoms with E-state index in [1.54, 1.807) is 6.92 Å². The molecule has 1 unspecified atom stereocenters. The predicted octanol–water partition coefficient (Wildman–Crippen LogP) is 2.90. The summed E-state index contributed by atoms with van der Waals surface area (Å²) in [6, 6.07) is 0. The van der Waals surface area contributed by atoms with Crippen molar-refractivity contribution in [1.82, 2.24) is 0 Å². The normalized spacial score (nSPS) is 14.2. The van der Waals surface area contributed by atoms with Crippen molar-refractivity contribution in [3.05, 3.63) is 12.2 Å². The Morgan fingerprint density at radius 3 is 2.00 bits per heavy atom. The van der Waals surface area contributed by atoms with Crippen LogP contribution in [0.3, 0.4) is 0 Å². The number of phosphoric acid groups is 1. The van der Waals surface area contributed by atoms with E-state index in [4.69, 9.17) is 13.8 Å². The van der Waals surface area contributed by atoms with Crippen molar-refractivity contribution in [3.8, 4) is 0 Å². The van der Waals surface area contributed by atoms with E-state index in [0.29, 0.717) is 25.0 Å². The summed E-state index contributed by atoms with van der Waals surface area (Å²) in [4.78, 5) is 20.7. The Hall–Kier alpha value is -0.720. The third-order valence-electron chi connectivity index (χ3n) is 3.10. The molecule has 24 heavy (non-hydrogen) atoms. The average molecular weight is 366 g/mol. The number of carbonyl (C=O) groups is 1. The first kappa shape index (κ1) is 23.3. The van der Waals surface area contributed by atoms with Crippen molar-refractivity contribution in [1.29, 1.82) is 0 Å². The smallest absolute Gasteiger partial charge is 0.462 e. The van der Waals surface area contributed by atoms with Gasteiger partial charge in [-0.3, -0.25) is 9.05 Å². The summed E-state index contributed by atoms with van der Waals surface area (Å²) in [6.07, 6.45) is 3.64. The minimum absolute atomic E-state index is 0.140. The molecule has 0 heterocycles. The molecule has 0 aromatic rings. The lowest BCUT2D eigenvalue weighted by Crippen LogP contribution is -2.35. The molecule has 0 amide bonds. The van der Waals surface area contributed by atoms with E-state index in [-0.39, 0.29) is 13.2 Å². The Morgan fingerprint density at radius 2 is 1.50 bits per heavy atom. The second-order valence-corrected chi connectivity index (χ2v) is 8.29. The van der Waals surface area contributed by atoms with E-state index in [9.17, 15) is 14.3 Å². The number of ether oxygens (including phenoxy) is 1. The van der Waals surface area contributed by atoms with Gasteiger partial charge in [0.15, 0.2) is 0 Å². The minimum atomic E-state index is -3.96. The van der Waals surface area contributed by atoms with Crippen LogP contribution in [0.5, 0.6) is 0 Å². The van der Waals surface area contributed by atoms with Crippen molar-refractivity contribution in [2.24, 2.45) is 0 Å². The number of phosphoric ester groups is 1. The Labute approximate surface area is 145 Å². The Morgan fingerprint density at radius 1 is 1.00 bits per heavy atom. The van der Waals surface area contributed by atoms with Gasteiger partial charge in [-0.15, -0.1) is 0 Å². The molecule has 0 saturated heterocycles. The third-order valence-corrected chi connectivity index (χ3v) is 4.12. The standard InChI is InChI=1S/C16H32NO6P/c1-15(2)16(18)21-12-8-6-9-13-22-24(19,20)23-14-10-7-11-17(3,4)5/h1,6-14H2,2-5H3/p+1. The third kappa shape index (κ3) is 14.8. The van der Waals surface area contributed by atoms with Crippen LogP contribution < -0.4 is 0 Å². The second kappa shape index (κ2) is 11.8. The van der Waals surface area contributed by atoms with Gasteiger partial charge in [-0.25, -0.2) is 9.36 Å². The molecule has 0 spiro atoms. The zero-order valence-electron chi connectivity index (χ0n) is 15.5. The predicted molar refractivity (Wildman–Crippen MR) is 93.5 cm³/mol. The number of hydrogen-bond acceptors (Lipinski definition) is 5. The fourth-order valence-corrected chi connectivity index (χ4v) is 2.55. The maximum atomic E-state index is 11.7. The van der Waals surface area contributed by atoms with Gasteiger partial charge in [-0.2, -0.15) is 0 Å². The molecule has 0 aromatic carbocycles. The summed E-state index contributed by atoms with van der Waals surface area (Å²) >= 11 is 0. The lowest BCUT2D eigenvalue weighted by Gasteiger charge is -2.23. The number of quaternary nitrogens is 1. The lowest BCUT2D eigenvalue weighted by molar-refractivity contribution is -0.870. The summed E-state index contributed by atoms with van der Waals surface area (Å²) < 4.78 is 27.3. The first-order valence-corrected chi connectivity index (χ1v) is 9.78. The first-order valence-electron chi connectivity index (χ1n) is 8.28. The van der Waals surface area contributed by atoms with Gasteiger partial charge < -0.3 is 14.1 Å². The SMILES string of the molecule is C=C(C)C(=O)OCCCCCOP(=O)(O)OCCCC[N+](C)(C)C.